The maximum absolute atomic E-state index is 5.89. The molecule has 0 aromatic heterocycles. The van der Waals surface area contributed by atoms with Crippen LogP contribution in [-0.2, 0) is 18.9 Å². The second kappa shape index (κ2) is 19.4. The molecule has 0 unspecified atom stereocenters. The predicted molar refractivity (Wildman–Crippen MR) is 104 cm³/mol. The molecule has 0 aromatic rings. The van der Waals surface area contributed by atoms with Gasteiger partial charge in [0.25, 0.3) is 0 Å². The summed E-state index contributed by atoms with van der Waals surface area (Å²) < 4.78 is 23.1. The molecule has 0 saturated carbocycles. The molecule has 150 valence electrons. The first kappa shape index (κ1) is 24.1. The fraction of sp³-hybridized carbons (Fsp3) is 0.905. The van der Waals surface area contributed by atoms with Gasteiger partial charge in [-0.15, -0.1) is 0 Å². The summed E-state index contributed by atoms with van der Waals surface area (Å²) in [7, 11) is 0. The topological polar surface area (TPSA) is 36.9 Å². The first-order valence-electron chi connectivity index (χ1n) is 10.5. The minimum atomic E-state index is 0.236. The van der Waals surface area contributed by atoms with Crippen LogP contribution in [0, 0.1) is 0 Å². The van der Waals surface area contributed by atoms with Crippen LogP contribution in [0.3, 0.4) is 0 Å². The highest BCUT2D eigenvalue weighted by Gasteiger charge is 2.12. The quantitative estimate of drug-likeness (QED) is 0.149. The van der Waals surface area contributed by atoms with Crippen LogP contribution in [0.5, 0.6) is 0 Å². The molecule has 0 fully saturated rings. The third-order valence-corrected chi connectivity index (χ3v) is 3.82. The van der Waals surface area contributed by atoms with E-state index in [-0.39, 0.29) is 6.79 Å². The Hall–Kier alpha value is -0.900. The Labute approximate surface area is 156 Å². The van der Waals surface area contributed by atoms with Gasteiger partial charge in [0.15, 0.2) is 12.6 Å². The first-order chi connectivity index (χ1) is 12.3. The van der Waals surface area contributed by atoms with Crippen molar-refractivity contribution in [2.45, 2.75) is 98.3 Å². The molecule has 0 saturated heterocycles. The van der Waals surface area contributed by atoms with Crippen LogP contribution in [0.15, 0.2) is 11.7 Å². The summed E-state index contributed by atoms with van der Waals surface area (Å²) in [5.41, 5.74) is 0. The van der Waals surface area contributed by atoms with Gasteiger partial charge >= 0.3 is 5.95 Å². The highest BCUT2D eigenvalue weighted by Crippen LogP contribution is 2.18. The lowest BCUT2D eigenvalue weighted by molar-refractivity contribution is -0.0840. The number of unbranched alkanes of at least 4 members (excludes halogenated alkanes) is 6. The molecule has 4 heteroatoms. The van der Waals surface area contributed by atoms with Gasteiger partial charge in [-0.05, 0) is 25.7 Å². The zero-order valence-corrected chi connectivity index (χ0v) is 17.2. The van der Waals surface area contributed by atoms with E-state index in [0.29, 0.717) is 19.2 Å². The highest BCUT2D eigenvalue weighted by molar-refractivity contribution is 4.95. The Balaban J connectivity index is 4.36. The largest absolute Gasteiger partial charge is 0.491 e. The van der Waals surface area contributed by atoms with Gasteiger partial charge in [-0.1, -0.05) is 66.2 Å². The second-order valence-corrected chi connectivity index (χ2v) is 6.45. The Morgan fingerprint density at radius 2 is 1.20 bits per heavy atom. The van der Waals surface area contributed by atoms with E-state index in [0.717, 1.165) is 44.5 Å². The minimum Gasteiger partial charge on any atom is -0.491 e. The van der Waals surface area contributed by atoms with Crippen molar-refractivity contribution in [1.29, 1.82) is 0 Å². The van der Waals surface area contributed by atoms with E-state index < -0.39 is 0 Å². The normalized spacial score (nSPS) is 12.0. The molecule has 0 amide bonds. The Morgan fingerprint density at radius 3 is 1.88 bits per heavy atom. The van der Waals surface area contributed by atoms with Crippen molar-refractivity contribution in [2.24, 2.45) is 0 Å². The van der Waals surface area contributed by atoms with Crippen LogP contribution >= 0.6 is 0 Å². The molecule has 0 spiro atoms. The zero-order chi connectivity index (χ0) is 18.6. The maximum atomic E-state index is 5.89. The van der Waals surface area contributed by atoms with Crippen LogP contribution in [-0.4, -0.2) is 26.6 Å². The van der Waals surface area contributed by atoms with E-state index >= 15 is 0 Å². The third-order valence-electron chi connectivity index (χ3n) is 3.82. The molecular formula is C21H42O4. The predicted octanol–water partition coefficient (Wildman–Crippen LogP) is 6.55. The number of hydrogen-bond donors (Lipinski definition) is 0. The smallest absolute Gasteiger partial charge is 0.321 e. The summed E-state index contributed by atoms with van der Waals surface area (Å²) in [6, 6.07) is 0. The van der Waals surface area contributed by atoms with Crippen molar-refractivity contribution in [2.75, 3.05) is 26.6 Å². The van der Waals surface area contributed by atoms with Crippen molar-refractivity contribution >= 4 is 0 Å². The molecule has 25 heavy (non-hydrogen) atoms. The zero-order valence-electron chi connectivity index (χ0n) is 17.2. The van der Waals surface area contributed by atoms with Crippen molar-refractivity contribution in [3.63, 3.8) is 0 Å². The van der Waals surface area contributed by atoms with Crippen molar-refractivity contribution in [3.8, 4) is 0 Å². The summed E-state index contributed by atoms with van der Waals surface area (Å²) >= 11 is 0. The van der Waals surface area contributed by atoms with Crippen molar-refractivity contribution < 1.29 is 18.9 Å². The van der Waals surface area contributed by atoms with Crippen molar-refractivity contribution in [3.05, 3.63) is 11.7 Å². The number of ether oxygens (including phenoxy) is 4. The molecular weight excluding hydrogens is 316 g/mol. The molecule has 0 aromatic carbocycles. The van der Waals surface area contributed by atoms with E-state index in [4.69, 9.17) is 18.9 Å². The molecule has 0 rings (SSSR count). The van der Waals surface area contributed by atoms with Crippen LogP contribution < -0.4 is 0 Å². The molecule has 0 atom stereocenters. The molecule has 0 N–H and O–H groups in total. The molecule has 0 aliphatic rings. The number of hydrogen-bond acceptors (Lipinski definition) is 4. The third kappa shape index (κ3) is 15.1. The molecule has 0 radical (unpaired) electrons. The molecule has 0 aliphatic carbocycles. The maximum Gasteiger partial charge on any atom is 0.321 e. The van der Waals surface area contributed by atoms with E-state index in [2.05, 4.69) is 27.7 Å². The van der Waals surface area contributed by atoms with Gasteiger partial charge in [-0.25, -0.2) is 0 Å². The van der Waals surface area contributed by atoms with Gasteiger partial charge in [-0.3, -0.25) is 0 Å². The summed E-state index contributed by atoms with van der Waals surface area (Å²) in [6.45, 7) is 10.9. The second-order valence-electron chi connectivity index (χ2n) is 6.45. The average Bonchev–Trinajstić information content (AvgIpc) is 2.63. The van der Waals surface area contributed by atoms with Crippen LogP contribution in [0.1, 0.15) is 98.3 Å². The monoisotopic (exact) mass is 358 g/mol. The van der Waals surface area contributed by atoms with Gasteiger partial charge in [0, 0.05) is 6.42 Å². The Kier molecular flexibility index (Phi) is 18.7. The summed E-state index contributed by atoms with van der Waals surface area (Å²) in [5.74, 6) is 1.37. The fourth-order valence-corrected chi connectivity index (χ4v) is 2.35. The van der Waals surface area contributed by atoms with E-state index in [1.807, 2.05) is 0 Å². The standard InChI is InChI=1S/C21H42O4/c1-5-9-11-12-14-18-22-19-25-21(24-17-8-4)20(23-16-7-3)15-13-10-6-2/h5-19H2,1-4H3. The highest BCUT2D eigenvalue weighted by atomic mass is 16.7. The van der Waals surface area contributed by atoms with E-state index in [9.17, 15) is 0 Å². The number of rotatable bonds is 19. The Morgan fingerprint density at radius 1 is 0.560 bits per heavy atom. The van der Waals surface area contributed by atoms with Crippen molar-refractivity contribution in [1.82, 2.24) is 0 Å². The average molecular weight is 359 g/mol. The van der Waals surface area contributed by atoms with Gasteiger partial charge in [0.05, 0.1) is 19.8 Å². The van der Waals surface area contributed by atoms with E-state index in [1.54, 1.807) is 0 Å². The molecule has 0 bridgehead atoms. The van der Waals surface area contributed by atoms with Crippen LogP contribution in [0.4, 0.5) is 0 Å². The molecule has 0 aliphatic heterocycles. The lowest BCUT2D eigenvalue weighted by Gasteiger charge is -2.17. The minimum absolute atomic E-state index is 0.236. The number of allylic oxidation sites excluding steroid dienone is 1. The van der Waals surface area contributed by atoms with Crippen LogP contribution in [0.2, 0.25) is 0 Å². The van der Waals surface area contributed by atoms with Gasteiger partial charge in [0.1, 0.15) is 0 Å². The van der Waals surface area contributed by atoms with Crippen LogP contribution in [0.25, 0.3) is 0 Å². The van der Waals surface area contributed by atoms with E-state index in [1.165, 1.54) is 38.5 Å². The Bertz CT molecular complexity index is 302. The lowest BCUT2D eigenvalue weighted by Crippen LogP contribution is -2.10. The summed E-state index contributed by atoms with van der Waals surface area (Å²) in [6.07, 6.45) is 12.4. The SMILES string of the molecule is CCCCCCCOCOC(OCCC)=C(CCCCC)OCCC. The molecule has 4 nitrogen and oxygen atoms in total. The van der Waals surface area contributed by atoms with Gasteiger partial charge in [-0.2, -0.15) is 0 Å². The van der Waals surface area contributed by atoms with Gasteiger partial charge < -0.3 is 18.9 Å². The fourth-order valence-electron chi connectivity index (χ4n) is 2.35. The summed E-state index contributed by atoms with van der Waals surface area (Å²) in [4.78, 5) is 0. The lowest BCUT2D eigenvalue weighted by atomic mass is 10.2. The molecule has 0 heterocycles. The first-order valence-corrected chi connectivity index (χ1v) is 10.5. The van der Waals surface area contributed by atoms with Gasteiger partial charge in [0.2, 0.25) is 0 Å². The summed E-state index contributed by atoms with van der Waals surface area (Å²) in [5, 5.41) is 0.